The fourth-order valence-electron chi connectivity index (χ4n) is 2.23. The van der Waals surface area contributed by atoms with E-state index in [1.54, 1.807) is 12.4 Å². The van der Waals surface area contributed by atoms with Crippen molar-refractivity contribution < 1.29 is 4.74 Å². The molecule has 2 aromatic rings. The highest BCUT2D eigenvalue weighted by atomic mass is 16.5. The molecule has 4 nitrogen and oxygen atoms in total. The number of fused-ring (bicyclic) bond motifs is 1. The summed E-state index contributed by atoms with van der Waals surface area (Å²) in [5.41, 5.74) is 9.18. The van der Waals surface area contributed by atoms with Crippen LogP contribution in [0.4, 0.5) is 5.82 Å². The predicted molar refractivity (Wildman–Crippen MR) is 71.5 cm³/mol. The number of aromatic nitrogens is 2. The minimum absolute atomic E-state index is 0.673. The van der Waals surface area contributed by atoms with Crippen molar-refractivity contribution in [3.8, 4) is 17.0 Å². The second-order valence-electron chi connectivity index (χ2n) is 4.34. The zero-order valence-electron chi connectivity index (χ0n) is 10.1. The molecule has 0 spiro atoms. The largest absolute Gasteiger partial charge is 0.493 e. The Morgan fingerprint density at radius 2 is 2.39 bits per heavy atom. The first-order chi connectivity index (χ1) is 8.79. The zero-order chi connectivity index (χ0) is 12.5. The lowest BCUT2D eigenvalue weighted by Crippen LogP contribution is -2.00. The lowest BCUT2D eigenvalue weighted by Gasteiger charge is -2.04. The molecule has 0 bridgehead atoms. The van der Waals surface area contributed by atoms with Crippen molar-refractivity contribution in [2.45, 2.75) is 13.0 Å². The molecule has 1 aliphatic heterocycles. The van der Waals surface area contributed by atoms with E-state index in [0.29, 0.717) is 12.4 Å². The molecular formula is C14H15N3O. The Balaban J connectivity index is 2.02. The smallest absolute Gasteiger partial charge is 0.131 e. The molecule has 3 rings (SSSR count). The van der Waals surface area contributed by atoms with Crippen molar-refractivity contribution in [3.05, 3.63) is 42.7 Å². The van der Waals surface area contributed by atoms with Gasteiger partial charge in [0.05, 0.1) is 12.9 Å². The number of hydrogen-bond donors (Lipinski definition) is 1. The Bertz CT molecular complexity index is 601. The molecule has 92 valence electrons. The lowest BCUT2D eigenvalue weighted by molar-refractivity contribution is 0.357. The fraction of sp³-hybridized carbons (Fsp3) is 0.214. The molecule has 18 heavy (non-hydrogen) atoms. The Morgan fingerprint density at radius 3 is 3.22 bits per heavy atom. The summed E-state index contributed by atoms with van der Waals surface area (Å²) in [5.74, 6) is 1.65. The molecule has 0 amide bonds. The van der Waals surface area contributed by atoms with Crippen LogP contribution in [0, 0.1) is 0 Å². The van der Waals surface area contributed by atoms with Gasteiger partial charge in [-0.15, -0.1) is 6.58 Å². The van der Waals surface area contributed by atoms with E-state index in [9.17, 15) is 0 Å². The Kier molecular flexibility index (Phi) is 2.55. The third-order valence-corrected chi connectivity index (χ3v) is 3.17. The van der Waals surface area contributed by atoms with Gasteiger partial charge in [-0.3, -0.25) is 0 Å². The molecule has 1 aromatic carbocycles. The zero-order valence-corrected chi connectivity index (χ0v) is 10.1. The topological polar surface area (TPSA) is 53.1 Å². The van der Waals surface area contributed by atoms with E-state index in [4.69, 9.17) is 10.5 Å². The molecule has 1 aliphatic rings. The maximum atomic E-state index is 6.09. The normalized spacial score (nSPS) is 13.1. The minimum atomic E-state index is 0.673. The number of nitrogens with two attached hydrogens (primary N) is 1. The second kappa shape index (κ2) is 4.22. The van der Waals surface area contributed by atoms with Crippen molar-refractivity contribution in [2.24, 2.45) is 0 Å². The Morgan fingerprint density at radius 1 is 1.50 bits per heavy atom. The van der Waals surface area contributed by atoms with Gasteiger partial charge in [-0.05, 0) is 23.8 Å². The van der Waals surface area contributed by atoms with Crippen LogP contribution >= 0.6 is 0 Å². The second-order valence-corrected chi connectivity index (χ2v) is 4.34. The van der Waals surface area contributed by atoms with Crippen molar-refractivity contribution in [1.29, 1.82) is 0 Å². The van der Waals surface area contributed by atoms with Crippen LogP contribution in [0.3, 0.4) is 0 Å². The van der Waals surface area contributed by atoms with Crippen LogP contribution < -0.4 is 10.5 Å². The van der Waals surface area contributed by atoms with E-state index in [2.05, 4.69) is 17.6 Å². The highest BCUT2D eigenvalue weighted by molar-refractivity contribution is 5.72. The predicted octanol–water partition coefficient (Wildman–Crippen LogP) is 2.25. The number of rotatable bonds is 3. The summed E-state index contributed by atoms with van der Waals surface area (Å²) < 4.78 is 7.37. The third-order valence-electron chi connectivity index (χ3n) is 3.17. The van der Waals surface area contributed by atoms with Crippen LogP contribution in [0.5, 0.6) is 5.75 Å². The van der Waals surface area contributed by atoms with E-state index < -0.39 is 0 Å². The van der Waals surface area contributed by atoms with Gasteiger partial charge in [0.25, 0.3) is 0 Å². The van der Waals surface area contributed by atoms with E-state index in [-0.39, 0.29) is 0 Å². The Labute approximate surface area is 106 Å². The summed E-state index contributed by atoms with van der Waals surface area (Å²) in [4.78, 5) is 4.38. The SMILES string of the molecule is C=CCn1cnc(-c2ccc3c(c2)CCO3)c1N. The maximum absolute atomic E-state index is 6.09. The van der Waals surface area contributed by atoms with Crippen molar-refractivity contribution in [2.75, 3.05) is 12.3 Å². The number of allylic oxidation sites excluding steroid dienone is 1. The number of benzene rings is 1. The van der Waals surface area contributed by atoms with Crippen LogP contribution in [0.1, 0.15) is 5.56 Å². The van der Waals surface area contributed by atoms with Crippen molar-refractivity contribution in [1.82, 2.24) is 9.55 Å². The summed E-state index contributed by atoms with van der Waals surface area (Å²) >= 11 is 0. The molecule has 2 heterocycles. The number of nitrogens with zero attached hydrogens (tertiary/aromatic N) is 2. The van der Waals surface area contributed by atoms with Gasteiger partial charge in [0.2, 0.25) is 0 Å². The lowest BCUT2D eigenvalue weighted by atomic mass is 10.1. The molecule has 0 atom stereocenters. The van der Waals surface area contributed by atoms with Gasteiger partial charge in [-0.1, -0.05) is 6.08 Å². The first-order valence-corrected chi connectivity index (χ1v) is 5.97. The van der Waals surface area contributed by atoms with Crippen LogP contribution in [0.25, 0.3) is 11.3 Å². The first-order valence-electron chi connectivity index (χ1n) is 5.97. The monoisotopic (exact) mass is 241 g/mol. The van der Waals surface area contributed by atoms with Gasteiger partial charge in [0, 0.05) is 18.5 Å². The van der Waals surface area contributed by atoms with Crippen molar-refractivity contribution >= 4 is 5.82 Å². The molecule has 2 N–H and O–H groups in total. The fourth-order valence-corrected chi connectivity index (χ4v) is 2.23. The molecule has 0 saturated carbocycles. The first kappa shape index (κ1) is 10.9. The number of hydrogen-bond acceptors (Lipinski definition) is 3. The van der Waals surface area contributed by atoms with Crippen LogP contribution in [0.15, 0.2) is 37.2 Å². The summed E-state index contributed by atoms with van der Waals surface area (Å²) in [7, 11) is 0. The molecular weight excluding hydrogens is 226 g/mol. The molecule has 0 unspecified atom stereocenters. The highest BCUT2D eigenvalue weighted by Gasteiger charge is 2.15. The molecule has 0 fully saturated rings. The quantitative estimate of drug-likeness (QED) is 0.838. The molecule has 0 saturated heterocycles. The number of nitrogen functional groups attached to an aromatic ring is 1. The average Bonchev–Trinajstić information content (AvgIpc) is 2.97. The van der Waals surface area contributed by atoms with Gasteiger partial charge >= 0.3 is 0 Å². The molecule has 4 heteroatoms. The standard InChI is InChI=1S/C14H15N3O/c1-2-6-17-9-16-13(14(17)15)11-3-4-12-10(8-11)5-7-18-12/h2-4,8-9H,1,5-7,15H2. The summed E-state index contributed by atoms with van der Waals surface area (Å²) in [6.45, 7) is 5.14. The molecule has 1 aromatic heterocycles. The van der Waals surface area contributed by atoms with E-state index in [1.165, 1.54) is 5.56 Å². The van der Waals surface area contributed by atoms with Crippen LogP contribution in [0.2, 0.25) is 0 Å². The summed E-state index contributed by atoms with van der Waals surface area (Å²) in [6.07, 6.45) is 4.50. The number of ether oxygens (including phenoxy) is 1. The van der Waals surface area contributed by atoms with Gasteiger partial charge < -0.3 is 15.0 Å². The number of anilines is 1. The van der Waals surface area contributed by atoms with E-state index in [0.717, 1.165) is 30.0 Å². The van der Waals surface area contributed by atoms with Gasteiger partial charge in [0.15, 0.2) is 0 Å². The summed E-state index contributed by atoms with van der Waals surface area (Å²) in [5, 5.41) is 0. The van der Waals surface area contributed by atoms with E-state index in [1.807, 2.05) is 16.7 Å². The van der Waals surface area contributed by atoms with Crippen molar-refractivity contribution in [3.63, 3.8) is 0 Å². The maximum Gasteiger partial charge on any atom is 0.131 e. The minimum Gasteiger partial charge on any atom is -0.493 e. The molecule has 0 radical (unpaired) electrons. The highest BCUT2D eigenvalue weighted by Crippen LogP contribution is 2.32. The summed E-state index contributed by atoms with van der Waals surface area (Å²) in [6, 6.07) is 6.10. The van der Waals surface area contributed by atoms with Crippen LogP contribution in [-0.2, 0) is 13.0 Å². The Hall–Kier alpha value is -2.23. The van der Waals surface area contributed by atoms with Gasteiger partial charge in [-0.25, -0.2) is 4.98 Å². The average molecular weight is 241 g/mol. The third kappa shape index (κ3) is 1.66. The van der Waals surface area contributed by atoms with Gasteiger partial charge in [0.1, 0.15) is 17.3 Å². The van der Waals surface area contributed by atoms with Crippen LogP contribution in [-0.4, -0.2) is 16.2 Å². The van der Waals surface area contributed by atoms with E-state index >= 15 is 0 Å². The molecule has 0 aliphatic carbocycles. The number of imidazole rings is 1. The van der Waals surface area contributed by atoms with Gasteiger partial charge in [-0.2, -0.15) is 0 Å².